The Morgan fingerprint density at radius 2 is 1.80 bits per heavy atom. The minimum absolute atomic E-state index is 0.124. The largest absolute Gasteiger partial charge is 0.288 e. The summed E-state index contributed by atoms with van der Waals surface area (Å²) >= 11 is 0. The van der Waals surface area contributed by atoms with Crippen LogP contribution >= 0.6 is 0 Å². The van der Waals surface area contributed by atoms with Crippen LogP contribution in [0.2, 0.25) is 0 Å². The van der Waals surface area contributed by atoms with Crippen LogP contribution in [0.4, 0.5) is 0 Å². The molecule has 96 valence electrons. The molecule has 3 nitrogen and oxygen atoms in total. The minimum Gasteiger partial charge on any atom is -0.288 e. The highest BCUT2D eigenvalue weighted by atomic mass is 16.1. The van der Waals surface area contributed by atoms with Crippen molar-refractivity contribution < 1.29 is 4.79 Å². The number of ketones is 1. The third kappa shape index (κ3) is 2.62. The maximum Gasteiger partial charge on any atom is 0.204 e. The van der Waals surface area contributed by atoms with E-state index in [1.807, 2.05) is 36.4 Å². The summed E-state index contributed by atoms with van der Waals surface area (Å²) in [6, 6.07) is 17.0. The fourth-order valence-corrected chi connectivity index (χ4v) is 1.93. The molecule has 3 aromatic rings. The Morgan fingerprint density at radius 1 is 0.950 bits per heavy atom. The Bertz CT molecular complexity index is 779. The zero-order valence-electron chi connectivity index (χ0n) is 10.7. The van der Waals surface area contributed by atoms with Gasteiger partial charge in [-0.1, -0.05) is 30.3 Å². The normalized spacial score (nSPS) is 11.0. The smallest absolute Gasteiger partial charge is 0.204 e. The van der Waals surface area contributed by atoms with Gasteiger partial charge in [0.15, 0.2) is 0 Å². The molecule has 0 radical (unpaired) electrons. The van der Waals surface area contributed by atoms with Crippen LogP contribution in [0.5, 0.6) is 0 Å². The second-order valence-electron chi connectivity index (χ2n) is 4.34. The van der Waals surface area contributed by atoms with Crippen molar-refractivity contribution in [3.63, 3.8) is 0 Å². The van der Waals surface area contributed by atoms with Crippen molar-refractivity contribution in [2.45, 2.75) is 0 Å². The molecular formula is C17H12N2O. The second kappa shape index (κ2) is 5.45. The van der Waals surface area contributed by atoms with E-state index in [9.17, 15) is 4.79 Å². The van der Waals surface area contributed by atoms with E-state index in [2.05, 4.69) is 9.97 Å². The summed E-state index contributed by atoms with van der Waals surface area (Å²) in [5, 5.41) is 1.08. The first-order valence-electron chi connectivity index (χ1n) is 6.32. The summed E-state index contributed by atoms with van der Waals surface area (Å²) in [4.78, 5) is 20.4. The molecule has 1 aromatic carbocycles. The van der Waals surface area contributed by atoms with Crippen molar-refractivity contribution in [2.24, 2.45) is 0 Å². The molecule has 2 aromatic heterocycles. The number of hydrogen-bond acceptors (Lipinski definition) is 3. The SMILES string of the molecule is O=C(C=Cc1ccc2ccccc2n1)c1ccccn1. The van der Waals surface area contributed by atoms with Gasteiger partial charge in [0.2, 0.25) is 5.78 Å². The number of allylic oxidation sites excluding steroid dienone is 1. The molecule has 20 heavy (non-hydrogen) atoms. The first-order valence-corrected chi connectivity index (χ1v) is 6.32. The van der Waals surface area contributed by atoms with Crippen LogP contribution in [0.1, 0.15) is 16.2 Å². The van der Waals surface area contributed by atoms with Gasteiger partial charge >= 0.3 is 0 Å². The third-order valence-corrected chi connectivity index (χ3v) is 2.94. The molecule has 0 saturated heterocycles. The van der Waals surface area contributed by atoms with Crippen LogP contribution in [0, 0.1) is 0 Å². The molecule has 0 aliphatic carbocycles. The molecule has 0 bridgehead atoms. The highest BCUT2D eigenvalue weighted by Crippen LogP contribution is 2.12. The van der Waals surface area contributed by atoms with Crippen molar-refractivity contribution in [2.75, 3.05) is 0 Å². The Kier molecular flexibility index (Phi) is 3.33. The summed E-state index contributed by atoms with van der Waals surface area (Å²) in [6.45, 7) is 0. The van der Waals surface area contributed by atoms with Gasteiger partial charge in [-0.25, -0.2) is 4.98 Å². The lowest BCUT2D eigenvalue weighted by molar-refractivity contribution is 0.104. The summed E-state index contributed by atoms with van der Waals surface area (Å²) in [7, 11) is 0. The number of nitrogens with zero attached hydrogens (tertiary/aromatic N) is 2. The van der Waals surface area contributed by atoms with Gasteiger partial charge in [0.05, 0.1) is 11.2 Å². The molecule has 0 aliphatic heterocycles. The molecule has 0 fully saturated rings. The van der Waals surface area contributed by atoms with Crippen LogP contribution < -0.4 is 0 Å². The number of pyridine rings is 2. The second-order valence-corrected chi connectivity index (χ2v) is 4.34. The molecular weight excluding hydrogens is 248 g/mol. The molecule has 0 atom stereocenters. The number of benzene rings is 1. The average Bonchev–Trinajstić information content (AvgIpc) is 2.53. The fraction of sp³-hybridized carbons (Fsp3) is 0. The van der Waals surface area contributed by atoms with Gasteiger partial charge in [0.1, 0.15) is 5.69 Å². The zero-order chi connectivity index (χ0) is 13.8. The Labute approximate surface area is 116 Å². The van der Waals surface area contributed by atoms with Gasteiger partial charge in [-0.3, -0.25) is 9.78 Å². The van der Waals surface area contributed by atoms with Crippen LogP contribution in [-0.4, -0.2) is 15.8 Å². The summed E-state index contributed by atoms with van der Waals surface area (Å²) in [5.41, 5.74) is 2.11. The molecule has 0 spiro atoms. The van der Waals surface area contributed by atoms with Crippen molar-refractivity contribution >= 4 is 22.8 Å². The average molecular weight is 260 g/mol. The van der Waals surface area contributed by atoms with Crippen molar-refractivity contribution in [3.8, 4) is 0 Å². The zero-order valence-corrected chi connectivity index (χ0v) is 10.7. The van der Waals surface area contributed by atoms with Crippen LogP contribution in [0.25, 0.3) is 17.0 Å². The molecule has 0 saturated carbocycles. The van der Waals surface area contributed by atoms with Crippen molar-refractivity contribution in [1.82, 2.24) is 9.97 Å². The summed E-state index contributed by atoms with van der Waals surface area (Å²) < 4.78 is 0. The minimum atomic E-state index is -0.124. The van der Waals surface area contributed by atoms with E-state index >= 15 is 0 Å². The van der Waals surface area contributed by atoms with E-state index in [-0.39, 0.29) is 5.78 Å². The summed E-state index contributed by atoms with van der Waals surface area (Å²) in [5.74, 6) is -0.124. The van der Waals surface area contributed by atoms with E-state index in [0.29, 0.717) is 5.69 Å². The van der Waals surface area contributed by atoms with E-state index in [1.54, 1.807) is 30.5 Å². The van der Waals surface area contributed by atoms with Gasteiger partial charge in [-0.05, 0) is 36.4 Å². The molecule has 0 amide bonds. The maximum atomic E-state index is 11.9. The lowest BCUT2D eigenvalue weighted by Gasteiger charge is -1.98. The topological polar surface area (TPSA) is 42.9 Å². The van der Waals surface area contributed by atoms with Gasteiger partial charge in [0.25, 0.3) is 0 Å². The monoisotopic (exact) mass is 260 g/mol. The number of fused-ring (bicyclic) bond motifs is 1. The predicted molar refractivity (Wildman–Crippen MR) is 79.3 cm³/mol. The van der Waals surface area contributed by atoms with Crippen LogP contribution in [-0.2, 0) is 0 Å². The lowest BCUT2D eigenvalue weighted by Crippen LogP contribution is -1.96. The summed E-state index contributed by atoms with van der Waals surface area (Å²) in [6.07, 6.45) is 4.82. The number of para-hydroxylation sites is 1. The number of carbonyl (C=O) groups is 1. The van der Waals surface area contributed by atoms with Gasteiger partial charge in [-0.15, -0.1) is 0 Å². The number of carbonyl (C=O) groups excluding carboxylic acids is 1. The van der Waals surface area contributed by atoms with Crippen LogP contribution in [0.3, 0.4) is 0 Å². The third-order valence-electron chi connectivity index (χ3n) is 2.94. The number of hydrogen-bond donors (Lipinski definition) is 0. The molecule has 0 N–H and O–H groups in total. The Morgan fingerprint density at radius 3 is 2.65 bits per heavy atom. The molecule has 2 heterocycles. The first-order chi connectivity index (χ1) is 9.83. The highest BCUT2D eigenvalue weighted by Gasteiger charge is 2.01. The van der Waals surface area contributed by atoms with Crippen LogP contribution in [0.15, 0.2) is 66.9 Å². The van der Waals surface area contributed by atoms with E-state index in [1.165, 1.54) is 6.08 Å². The lowest BCUT2D eigenvalue weighted by atomic mass is 10.2. The number of rotatable bonds is 3. The fourth-order valence-electron chi connectivity index (χ4n) is 1.93. The molecule has 3 heteroatoms. The quantitative estimate of drug-likeness (QED) is 0.534. The molecule has 0 aliphatic rings. The van der Waals surface area contributed by atoms with Gasteiger partial charge < -0.3 is 0 Å². The standard InChI is InChI=1S/C17H12N2O/c20-17(16-7-3-4-12-18-16)11-10-14-9-8-13-5-1-2-6-15(13)19-14/h1-12H. The Balaban J connectivity index is 1.85. The molecule has 3 rings (SSSR count). The van der Waals surface area contributed by atoms with Gasteiger partial charge in [0, 0.05) is 11.6 Å². The van der Waals surface area contributed by atoms with Crippen molar-refractivity contribution in [3.05, 3.63) is 78.3 Å². The van der Waals surface area contributed by atoms with E-state index in [4.69, 9.17) is 0 Å². The van der Waals surface area contributed by atoms with Gasteiger partial charge in [-0.2, -0.15) is 0 Å². The Hall–Kier alpha value is -2.81. The van der Waals surface area contributed by atoms with Crippen molar-refractivity contribution in [1.29, 1.82) is 0 Å². The maximum absolute atomic E-state index is 11.9. The molecule has 0 unspecified atom stereocenters. The van der Waals surface area contributed by atoms with E-state index < -0.39 is 0 Å². The van der Waals surface area contributed by atoms with E-state index in [0.717, 1.165) is 16.6 Å². The predicted octanol–water partition coefficient (Wildman–Crippen LogP) is 3.53. The number of aromatic nitrogens is 2. The first kappa shape index (κ1) is 12.2. The highest BCUT2D eigenvalue weighted by molar-refractivity contribution is 6.05.